The maximum Gasteiger partial charge on any atom is 0.296 e. The topological polar surface area (TPSA) is 137 Å². The third-order valence-electron chi connectivity index (χ3n) is 3.78. The van der Waals surface area contributed by atoms with Crippen LogP contribution in [0.2, 0.25) is 0 Å². The van der Waals surface area contributed by atoms with Gasteiger partial charge in [-0.25, -0.2) is 0 Å². The molecule has 0 aromatic heterocycles. The van der Waals surface area contributed by atoms with E-state index in [1.165, 1.54) is 18.2 Å². The number of rotatable bonds is 4. The molecule has 0 aliphatic rings. The Morgan fingerprint density at radius 3 is 2.35 bits per heavy atom. The summed E-state index contributed by atoms with van der Waals surface area (Å²) in [6, 6.07) is 12.6. The van der Waals surface area contributed by atoms with Crippen LogP contribution in [0.3, 0.4) is 0 Å². The van der Waals surface area contributed by atoms with Crippen LogP contribution in [0.1, 0.15) is 0 Å². The third-order valence-corrected chi connectivity index (χ3v) is 4.64. The lowest BCUT2D eigenvalue weighted by atomic mass is 10.1. The largest absolute Gasteiger partial charge is 0.505 e. The molecule has 0 spiro atoms. The van der Waals surface area contributed by atoms with Gasteiger partial charge >= 0.3 is 0 Å². The summed E-state index contributed by atoms with van der Waals surface area (Å²) in [5.74, 6) is -0.432. The molecule has 3 rings (SSSR count). The number of fused-ring (bicyclic) bond motifs is 1. The molecule has 0 aliphatic carbocycles. The Balaban J connectivity index is 2.18. The first kappa shape index (κ1) is 17.6. The van der Waals surface area contributed by atoms with Crippen LogP contribution in [0.5, 0.6) is 5.75 Å². The van der Waals surface area contributed by atoms with Crippen molar-refractivity contribution in [1.29, 1.82) is 0 Å². The van der Waals surface area contributed by atoms with E-state index in [2.05, 4.69) is 15.5 Å². The highest BCUT2D eigenvalue weighted by Gasteiger charge is 2.22. The van der Waals surface area contributed by atoms with Gasteiger partial charge in [0.15, 0.2) is 5.75 Å². The van der Waals surface area contributed by atoms with E-state index in [9.17, 15) is 18.1 Å². The first-order valence-corrected chi connectivity index (χ1v) is 8.96. The molecule has 3 aromatic carbocycles. The highest BCUT2D eigenvalue weighted by Crippen LogP contribution is 2.41. The fourth-order valence-electron chi connectivity index (χ4n) is 2.45. The number of phenols is 1. The van der Waals surface area contributed by atoms with Gasteiger partial charge in [-0.2, -0.15) is 13.5 Å². The summed E-state index contributed by atoms with van der Waals surface area (Å²) in [5, 5.41) is 21.9. The van der Waals surface area contributed by atoms with Gasteiger partial charge < -0.3 is 16.2 Å². The summed E-state index contributed by atoms with van der Waals surface area (Å²) in [6.07, 6.45) is 0. The van der Waals surface area contributed by atoms with Crippen molar-refractivity contribution in [2.45, 2.75) is 4.90 Å². The first-order valence-electron chi connectivity index (χ1n) is 7.52. The molecule has 0 radical (unpaired) electrons. The highest BCUT2D eigenvalue weighted by molar-refractivity contribution is 7.86. The van der Waals surface area contributed by atoms with Crippen LogP contribution in [0.15, 0.2) is 63.7 Å². The second kappa shape index (κ2) is 6.62. The van der Waals surface area contributed by atoms with Gasteiger partial charge in [-0.1, -0.05) is 6.07 Å². The molecule has 3 aromatic rings. The molecule has 5 N–H and O–H groups in total. The average Bonchev–Trinajstić information content (AvgIpc) is 2.61. The van der Waals surface area contributed by atoms with Gasteiger partial charge in [-0.3, -0.25) is 4.55 Å². The molecule has 26 heavy (non-hydrogen) atoms. The predicted molar refractivity (Wildman–Crippen MR) is 100 cm³/mol. The zero-order valence-electron chi connectivity index (χ0n) is 13.7. The van der Waals surface area contributed by atoms with E-state index in [1.807, 2.05) is 0 Å². The predicted octanol–water partition coefficient (Wildman–Crippen LogP) is 3.83. The van der Waals surface area contributed by atoms with Crippen LogP contribution >= 0.6 is 0 Å². The fraction of sp³-hybridized carbons (Fsp3) is 0.0588. The lowest BCUT2D eigenvalue weighted by molar-refractivity contribution is 0.472. The molecule has 0 bridgehead atoms. The van der Waals surface area contributed by atoms with E-state index in [0.29, 0.717) is 22.1 Å². The zero-order chi connectivity index (χ0) is 18.9. The molecule has 0 saturated carbocycles. The molecule has 9 heteroatoms. The number of nitrogens with two attached hydrogens (primary N) is 1. The number of benzene rings is 3. The standard InChI is InChI=1S/C17H16N4O4S/c1-19-12-4-6-13(7-5-12)20-21-16-15(26(23,24)25)8-10-2-3-11(18)9-14(10)17(16)22/h2-9,19,22H,18H2,1H3,(H,23,24,25). The number of nitrogens with one attached hydrogen (secondary N) is 1. The maximum atomic E-state index is 11.7. The summed E-state index contributed by atoms with van der Waals surface area (Å²) in [4.78, 5) is -0.539. The molecule has 8 nitrogen and oxygen atoms in total. The zero-order valence-corrected chi connectivity index (χ0v) is 14.5. The Morgan fingerprint density at radius 1 is 1.04 bits per heavy atom. The van der Waals surface area contributed by atoms with Gasteiger partial charge in [-0.05, 0) is 47.9 Å². The number of hydrogen-bond acceptors (Lipinski definition) is 7. The SMILES string of the molecule is CNc1ccc(N=Nc2c(S(=O)(=O)O)cc3ccc(N)cc3c2O)cc1. The van der Waals surface area contributed by atoms with Crippen molar-refractivity contribution in [1.82, 2.24) is 0 Å². The van der Waals surface area contributed by atoms with E-state index < -0.39 is 20.8 Å². The molecular formula is C17H16N4O4S. The Kier molecular flexibility index (Phi) is 4.49. The molecule has 0 saturated heterocycles. The molecule has 0 atom stereocenters. The minimum atomic E-state index is -4.63. The number of phenolic OH excluding ortho intramolecular Hbond substituents is 1. The highest BCUT2D eigenvalue weighted by atomic mass is 32.2. The first-order chi connectivity index (χ1) is 12.3. The molecule has 0 aliphatic heterocycles. The lowest BCUT2D eigenvalue weighted by Crippen LogP contribution is -1.99. The normalized spacial score (nSPS) is 11.9. The van der Waals surface area contributed by atoms with E-state index in [1.54, 1.807) is 37.4 Å². The number of nitrogen functional groups attached to an aromatic ring is 1. The summed E-state index contributed by atoms with van der Waals surface area (Å²) >= 11 is 0. The molecular weight excluding hydrogens is 356 g/mol. The van der Waals surface area contributed by atoms with Crippen molar-refractivity contribution in [2.24, 2.45) is 10.2 Å². The summed E-state index contributed by atoms with van der Waals surface area (Å²) in [5.41, 5.74) is 7.06. The monoisotopic (exact) mass is 372 g/mol. The van der Waals surface area contributed by atoms with Crippen LogP contribution in [0, 0.1) is 0 Å². The van der Waals surface area contributed by atoms with Crippen LogP contribution < -0.4 is 11.1 Å². The fourth-order valence-corrected chi connectivity index (χ4v) is 3.11. The third kappa shape index (κ3) is 3.44. The summed E-state index contributed by atoms with van der Waals surface area (Å²) in [7, 11) is -2.86. The number of azo groups is 1. The number of aromatic hydroxyl groups is 1. The van der Waals surface area contributed by atoms with Gasteiger partial charge in [0.2, 0.25) is 0 Å². The van der Waals surface area contributed by atoms with Crippen molar-refractivity contribution < 1.29 is 18.1 Å². The lowest BCUT2D eigenvalue weighted by Gasteiger charge is -2.09. The molecule has 0 fully saturated rings. The number of hydrogen-bond donors (Lipinski definition) is 4. The van der Waals surface area contributed by atoms with Crippen molar-refractivity contribution in [3.8, 4) is 5.75 Å². The number of nitrogens with zero attached hydrogens (tertiary/aromatic N) is 2. The van der Waals surface area contributed by atoms with E-state index in [4.69, 9.17) is 5.73 Å². The van der Waals surface area contributed by atoms with E-state index in [-0.39, 0.29) is 5.69 Å². The van der Waals surface area contributed by atoms with Gasteiger partial charge in [0.25, 0.3) is 10.1 Å². The Labute approximate surface area is 149 Å². The molecule has 134 valence electrons. The molecule has 0 heterocycles. The van der Waals surface area contributed by atoms with Crippen molar-refractivity contribution >= 4 is 43.6 Å². The Hall–Kier alpha value is -3.17. The van der Waals surface area contributed by atoms with Crippen LogP contribution in [0.25, 0.3) is 10.8 Å². The van der Waals surface area contributed by atoms with Crippen LogP contribution in [-0.4, -0.2) is 25.1 Å². The average molecular weight is 372 g/mol. The summed E-state index contributed by atoms with van der Waals surface area (Å²) in [6.45, 7) is 0. The van der Waals surface area contributed by atoms with E-state index >= 15 is 0 Å². The molecule has 0 unspecified atom stereocenters. The smallest absolute Gasteiger partial charge is 0.296 e. The van der Waals surface area contributed by atoms with Gasteiger partial charge in [0, 0.05) is 23.8 Å². The van der Waals surface area contributed by atoms with Crippen LogP contribution in [-0.2, 0) is 10.1 Å². The minimum absolute atomic E-state index is 0.303. The van der Waals surface area contributed by atoms with Gasteiger partial charge in [0.05, 0.1) is 5.69 Å². The van der Waals surface area contributed by atoms with Crippen molar-refractivity contribution in [2.75, 3.05) is 18.1 Å². The van der Waals surface area contributed by atoms with Crippen molar-refractivity contribution in [3.05, 3.63) is 48.5 Å². The quantitative estimate of drug-likeness (QED) is 0.312. The minimum Gasteiger partial charge on any atom is -0.505 e. The Morgan fingerprint density at radius 2 is 1.73 bits per heavy atom. The number of anilines is 2. The van der Waals surface area contributed by atoms with Crippen molar-refractivity contribution in [3.63, 3.8) is 0 Å². The molecule has 0 amide bonds. The summed E-state index contributed by atoms with van der Waals surface area (Å²) < 4.78 is 32.9. The maximum absolute atomic E-state index is 11.7. The van der Waals surface area contributed by atoms with Gasteiger partial charge in [-0.15, -0.1) is 5.11 Å². The van der Waals surface area contributed by atoms with Gasteiger partial charge in [0.1, 0.15) is 10.6 Å². The van der Waals surface area contributed by atoms with E-state index in [0.717, 1.165) is 5.69 Å². The second-order valence-electron chi connectivity index (χ2n) is 5.52. The van der Waals surface area contributed by atoms with Crippen LogP contribution in [0.4, 0.5) is 22.7 Å². The Bertz CT molecular complexity index is 1110. The second-order valence-corrected chi connectivity index (χ2v) is 6.91.